The Hall–Kier alpha value is -0.340. The van der Waals surface area contributed by atoms with Crippen LogP contribution in [0.4, 0.5) is 0 Å². The molecule has 0 heterocycles. The van der Waals surface area contributed by atoms with E-state index in [4.69, 9.17) is 4.74 Å². The number of rotatable bonds is 11. The summed E-state index contributed by atoms with van der Waals surface area (Å²) in [5, 5.41) is 3.63. The summed E-state index contributed by atoms with van der Waals surface area (Å²) in [4.78, 5) is 0. The van der Waals surface area contributed by atoms with Gasteiger partial charge in [0.05, 0.1) is 5.60 Å². The van der Waals surface area contributed by atoms with Crippen molar-refractivity contribution in [2.24, 2.45) is 0 Å². The van der Waals surface area contributed by atoms with Crippen LogP contribution in [0.2, 0.25) is 0 Å². The summed E-state index contributed by atoms with van der Waals surface area (Å²) < 4.78 is 5.74. The molecule has 1 N–H and O–H groups in total. The van der Waals surface area contributed by atoms with E-state index in [1.807, 2.05) is 13.2 Å². The van der Waals surface area contributed by atoms with Gasteiger partial charge in [-0.15, -0.1) is 6.58 Å². The molecule has 0 amide bonds. The summed E-state index contributed by atoms with van der Waals surface area (Å²) >= 11 is 0. The lowest BCUT2D eigenvalue weighted by Crippen LogP contribution is -2.45. The Labute approximate surface area is 113 Å². The van der Waals surface area contributed by atoms with Gasteiger partial charge in [-0.3, -0.25) is 0 Å². The Bertz CT molecular complexity index is 218. The average Bonchev–Trinajstić information content (AvgIpc) is 2.33. The summed E-state index contributed by atoms with van der Waals surface area (Å²) in [7, 11) is 1.88. The van der Waals surface area contributed by atoms with Crippen LogP contribution in [0.5, 0.6) is 0 Å². The molecule has 0 saturated heterocycles. The van der Waals surface area contributed by atoms with Gasteiger partial charge in [0.2, 0.25) is 0 Å². The van der Waals surface area contributed by atoms with E-state index in [1.165, 1.54) is 51.4 Å². The molecule has 106 valence electrons. The molecule has 1 saturated carbocycles. The van der Waals surface area contributed by atoms with Crippen LogP contribution in [0.1, 0.15) is 64.7 Å². The van der Waals surface area contributed by atoms with Gasteiger partial charge in [0.25, 0.3) is 0 Å². The number of nitrogens with one attached hydrogen (secondary N) is 1. The van der Waals surface area contributed by atoms with Gasteiger partial charge in [0, 0.05) is 13.2 Å². The zero-order valence-electron chi connectivity index (χ0n) is 12.3. The molecule has 2 nitrogen and oxygen atoms in total. The number of unbranched alkanes of at least 4 members (excludes halogenated alkanes) is 3. The Kier molecular flexibility index (Phi) is 7.60. The van der Waals surface area contributed by atoms with Crippen LogP contribution >= 0.6 is 0 Å². The van der Waals surface area contributed by atoms with Crippen molar-refractivity contribution in [1.29, 1.82) is 0 Å². The quantitative estimate of drug-likeness (QED) is 0.443. The van der Waals surface area contributed by atoms with Crippen LogP contribution in [0, 0.1) is 0 Å². The van der Waals surface area contributed by atoms with Crippen molar-refractivity contribution >= 4 is 0 Å². The minimum absolute atomic E-state index is 0.202. The first-order chi connectivity index (χ1) is 8.76. The molecule has 1 fully saturated rings. The summed E-state index contributed by atoms with van der Waals surface area (Å²) in [5.41, 5.74) is 0.202. The molecule has 1 aliphatic carbocycles. The minimum atomic E-state index is 0.202. The molecular formula is C16H31NO. The first-order valence-electron chi connectivity index (χ1n) is 7.66. The van der Waals surface area contributed by atoms with Crippen LogP contribution in [-0.2, 0) is 4.74 Å². The van der Waals surface area contributed by atoms with Gasteiger partial charge in [-0.25, -0.2) is 0 Å². The highest BCUT2D eigenvalue weighted by molar-refractivity contribution is 4.93. The monoisotopic (exact) mass is 253 g/mol. The number of ether oxygens (including phenoxy) is 1. The highest BCUT2D eigenvalue weighted by Gasteiger charge is 2.38. The highest BCUT2D eigenvalue weighted by atomic mass is 16.5. The Balaban J connectivity index is 2.23. The van der Waals surface area contributed by atoms with Gasteiger partial charge >= 0.3 is 0 Å². The SMILES string of the molecule is C=CCCCCCC(CC1(OC)CCC1)NCC. The van der Waals surface area contributed by atoms with Gasteiger partial charge < -0.3 is 10.1 Å². The normalized spacial score (nSPS) is 19.2. The zero-order valence-corrected chi connectivity index (χ0v) is 12.3. The fourth-order valence-corrected chi connectivity index (χ4v) is 2.93. The molecule has 0 aromatic carbocycles. The molecular weight excluding hydrogens is 222 g/mol. The number of hydrogen-bond acceptors (Lipinski definition) is 2. The van der Waals surface area contributed by atoms with Crippen LogP contribution in [0.3, 0.4) is 0 Å². The van der Waals surface area contributed by atoms with Crippen LogP contribution in [0.25, 0.3) is 0 Å². The lowest BCUT2D eigenvalue weighted by Gasteiger charge is -2.43. The van der Waals surface area contributed by atoms with Crippen molar-refractivity contribution in [1.82, 2.24) is 5.32 Å². The Morgan fingerprint density at radius 1 is 1.33 bits per heavy atom. The first kappa shape index (κ1) is 15.7. The standard InChI is InChI=1S/C16H31NO/c1-4-6-7-8-9-11-15(17-5-2)14-16(18-3)12-10-13-16/h4,15,17H,1,5-14H2,2-3H3. The molecule has 0 bridgehead atoms. The van der Waals surface area contributed by atoms with Crippen molar-refractivity contribution < 1.29 is 4.74 Å². The average molecular weight is 253 g/mol. The molecule has 0 aromatic rings. The van der Waals surface area contributed by atoms with E-state index in [9.17, 15) is 0 Å². The summed E-state index contributed by atoms with van der Waals surface area (Å²) in [5.74, 6) is 0. The molecule has 1 atom stereocenters. The van der Waals surface area contributed by atoms with Gasteiger partial charge in [-0.1, -0.05) is 25.8 Å². The number of hydrogen-bond donors (Lipinski definition) is 1. The van der Waals surface area contributed by atoms with Crippen molar-refractivity contribution in [2.75, 3.05) is 13.7 Å². The van der Waals surface area contributed by atoms with Crippen LogP contribution < -0.4 is 5.32 Å². The van der Waals surface area contributed by atoms with Gasteiger partial charge in [0.15, 0.2) is 0 Å². The molecule has 0 aliphatic heterocycles. The largest absolute Gasteiger partial charge is 0.378 e. The number of allylic oxidation sites excluding steroid dienone is 1. The van der Waals surface area contributed by atoms with Gasteiger partial charge in [-0.05, 0) is 51.5 Å². The summed E-state index contributed by atoms with van der Waals surface area (Å²) in [6.07, 6.45) is 13.4. The Morgan fingerprint density at radius 3 is 2.61 bits per heavy atom. The second kappa shape index (κ2) is 8.71. The molecule has 1 aliphatic rings. The van der Waals surface area contributed by atoms with Gasteiger partial charge in [0.1, 0.15) is 0 Å². The third-order valence-corrected chi connectivity index (χ3v) is 4.27. The minimum Gasteiger partial charge on any atom is -0.378 e. The first-order valence-corrected chi connectivity index (χ1v) is 7.66. The maximum atomic E-state index is 5.74. The fraction of sp³-hybridized carbons (Fsp3) is 0.875. The molecule has 2 heteroatoms. The topological polar surface area (TPSA) is 21.3 Å². The molecule has 1 rings (SSSR count). The highest BCUT2D eigenvalue weighted by Crippen LogP contribution is 2.39. The second-order valence-electron chi connectivity index (χ2n) is 5.63. The van der Waals surface area contributed by atoms with Crippen LogP contribution in [0.15, 0.2) is 12.7 Å². The molecule has 0 radical (unpaired) electrons. The molecule has 0 spiro atoms. The van der Waals surface area contributed by atoms with E-state index in [0.717, 1.165) is 13.0 Å². The zero-order chi connectivity index (χ0) is 13.3. The van der Waals surface area contributed by atoms with Crippen molar-refractivity contribution in [3.8, 4) is 0 Å². The van der Waals surface area contributed by atoms with E-state index in [1.54, 1.807) is 0 Å². The predicted octanol–water partition coefficient (Wildman–Crippen LogP) is 4.06. The lowest BCUT2D eigenvalue weighted by atomic mass is 9.75. The van der Waals surface area contributed by atoms with E-state index in [-0.39, 0.29) is 5.60 Å². The van der Waals surface area contributed by atoms with E-state index < -0.39 is 0 Å². The van der Waals surface area contributed by atoms with Gasteiger partial charge in [-0.2, -0.15) is 0 Å². The third kappa shape index (κ3) is 5.11. The van der Waals surface area contributed by atoms with Crippen LogP contribution in [-0.4, -0.2) is 25.3 Å². The van der Waals surface area contributed by atoms with E-state index in [0.29, 0.717) is 6.04 Å². The maximum Gasteiger partial charge on any atom is 0.0693 e. The van der Waals surface area contributed by atoms with E-state index in [2.05, 4.69) is 18.8 Å². The summed E-state index contributed by atoms with van der Waals surface area (Å²) in [6, 6.07) is 0.638. The second-order valence-corrected chi connectivity index (χ2v) is 5.63. The molecule has 18 heavy (non-hydrogen) atoms. The summed E-state index contributed by atoms with van der Waals surface area (Å²) in [6.45, 7) is 7.04. The fourth-order valence-electron chi connectivity index (χ4n) is 2.93. The van der Waals surface area contributed by atoms with Crippen molar-refractivity contribution in [3.63, 3.8) is 0 Å². The maximum absolute atomic E-state index is 5.74. The molecule has 0 aromatic heterocycles. The lowest BCUT2D eigenvalue weighted by molar-refractivity contribution is -0.0839. The van der Waals surface area contributed by atoms with Crippen molar-refractivity contribution in [3.05, 3.63) is 12.7 Å². The number of methoxy groups -OCH3 is 1. The predicted molar refractivity (Wildman–Crippen MR) is 79.0 cm³/mol. The third-order valence-electron chi connectivity index (χ3n) is 4.27. The molecule has 1 unspecified atom stereocenters. The Morgan fingerprint density at radius 2 is 2.11 bits per heavy atom. The smallest absolute Gasteiger partial charge is 0.0693 e. The van der Waals surface area contributed by atoms with E-state index >= 15 is 0 Å². The van der Waals surface area contributed by atoms with Crippen molar-refractivity contribution in [2.45, 2.75) is 76.4 Å².